The van der Waals surface area contributed by atoms with Crippen LogP contribution in [0.15, 0.2) is 77.0 Å². The van der Waals surface area contributed by atoms with Crippen LogP contribution in [0.3, 0.4) is 0 Å². The van der Waals surface area contributed by atoms with Crippen LogP contribution >= 0.6 is 0 Å². The summed E-state index contributed by atoms with van der Waals surface area (Å²) in [6.45, 7) is 0.417. The van der Waals surface area contributed by atoms with Gasteiger partial charge in [0.2, 0.25) is 5.88 Å². The minimum atomic E-state index is -1.39. The van der Waals surface area contributed by atoms with Crippen LogP contribution < -0.4 is 5.11 Å². The van der Waals surface area contributed by atoms with Gasteiger partial charge in [0.05, 0.1) is 11.5 Å². The van der Waals surface area contributed by atoms with Crippen LogP contribution in [0, 0.1) is 0 Å². The average Bonchev–Trinajstić information content (AvgIpc) is 3.30. The molecule has 3 aromatic carbocycles. The Morgan fingerprint density at radius 2 is 1.53 bits per heavy atom. The van der Waals surface area contributed by atoms with Gasteiger partial charge in [-0.3, -0.25) is 4.79 Å². The number of amides is 1. The molecule has 1 amide bonds. The van der Waals surface area contributed by atoms with Crippen molar-refractivity contribution in [3.05, 3.63) is 72.3 Å². The number of aromatic carboxylic acids is 1. The van der Waals surface area contributed by atoms with E-state index in [1.54, 1.807) is 6.07 Å². The van der Waals surface area contributed by atoms with E-state index in [1.165, 1.54) is 12.1 Å². The average molecular weight is 425 g/mol. The normalized spacial score (nSPS) is 11.8. The number of aromatic nitrogens is 2. The summed E-state index contributed by atoms with van der Waals surface area (Å²) < 4.78 is 2.08. The van der Waals surface area contributed by atoms with Crippen LogP contribution in [0.25, 0.3) is 32.7 Å². The summed E-state index contributed by atoms with van der Waals surface area (Å²) in [6.07, 6.45) is 0.111. The zero-order chi connectivity index (χ0) is 22.2. The van der Waals surface area contributed by atoms with Crippen molar-refractivity contribution in [2.45, 2.75) is 13.0 Å². The number of hydrogen-bond donors (Lipinski definition) is 2. The molecule has 5 aromatic rings. The third-order valence-electron chi connectivity index (χ3n) is 5.50. The number of rotatable bonds is 5. The van der Waals surface area contributed by atoms with Crippen molar-refractivity contribution in [3.8, 4) is 5.88 Å². The lowest BCUT2D eigenvalue weighted by molar-refractivity contribution is -0.254. The van der Waals surface area contributed by atoms with E-state index in [0.29, 0.717) is 11.9 Å². The topological polar surface area (TPSA) is 123 Å². The first kappa shape index (κ1) is 19.5. The maximum absolute atomic E-state index is 12.5. The predicted octanol–water partition coefficient (Wildman–Crippen LogP) is 4.05. The molecule has 0 saturated carbocycles. The number of carboxylic acid groups (broad SMARTS) is 1. The number of benzene rings is 3. The molecule has 2 heterocycles. The molecule has 0 spiro atoms. The van der Waals surface area contributed by atoms with Gasteiger partial charge in [-0.2, -0.15) is 0 Å². The van der Waals surface area contributed by atoms with Gasteiger partial charge >= 0.3 is 0 Å². The Morgan fingerprint density at radius 3 is 2.19 bits per heavy atom. The van der Waals surface area contributed by atoms with Crippen LogP contribution in [0.1, 0.15) is 16.8 Å². The smallest absolute Gasteiger partial charge is 0.266 e. The number of aromatic hydroxyl groups is 1. The molecule has 2 N–H and O–H groups in total. The van der Waals surface area contributed by atoms with Crippen molar-refractivity contribution in [2.24, 2.45) is 10.2 Å². The number of nitrogens with zero attached hydrogens (tertiary/aromatic N) is 3. The van der Waals surface area contributed by atoms with Crippen molar-refractivity contribution >= 4 is 50.3 Å². The number of nitrogens with one attached hydrogen (secondary N) is 1. The van der Waals surface area contributed by atoms with Gasteiger partial charge in [-0.25, -0.2) is 0 Å². The molecule has 0 saturated heterocycles. The van der Waals surface area contributed by atoms with Gasteiger partial charge in [-0.05, 0) is 12.1 Å². The fourth-order valence-corrected chi connectivity index (χ4v) is 4.07. The van der Waals surface area contributed by atoms with E-state index in [9.17, 15) is 19.8 Å². The van der Waals surface area contributed by atoms with Gasteiger partial charge in [0.1, 0.15) is 0 Å². The summed E-state index contributed by atoms with van der Waals surface area (Å²) >= 11 is 0. The fourth-order valence-electron chi connectivity index (χ4n) is 4.07. The summed E-state index contributed by atoms with van der Waals surface area (Å²) in [6, 6.07) is 20.5. The molecule has 8 heteroatoms. The molecule has 158 valence electrons. The Bertz CT molecular complexity index is 1490. The Kier molecular flexibility index (Phi) is 4.67. The maximum Gasteiger partial charge on any atom is 0.266 e. The molecule has 0 aliphatic rings. The van der Waals surface area contributed by atoms with Crippen molar-refractivity contribution in [3.63, 3.8) is 0 Å². The molecule has 0 unspecified atom stereocenters. The van der Waals surface area contributed by atoms with Crippen molar-refractivity contribution in [2.75, 3.05) is 0 Å². The second kappa shape index (κ2) is 7.66. The molecule has 0 radical (unpaired) electrons. The largest absolute Gasteiger partial charge is 0.545 e. The number of aromatic amines is 1. The number of aryl methyl sites for hydroxylation is 1. The van der Waals surface area contributed by atoms with Gasteiger partial charge in [0, 0.05) is 45.7 Å². The van der Waals surface area contributed by atoms with Gasteiger partial charge in [0.15, 0.2) is 5.69 Å². The van der Waals surface area contributed by atoms with E-state index in [4.69, 9.17) is 0 Å². The Morgan fingerprint density at radius 1 is 0.906 bits per heavy atom. The van der Waals surface area contributed by atoms with Crippen LogP contribution in [-0.4, -0.2) is 26.5 Å². The number of para-hydroxylation sites is 3. The van der Waals surface area contributed by atoms with E-state index in [2.05, 4.69) is 31.9 Å². The van der Waals surface area contributed by atoms with Gasteiger partial charge < -0.3 is 24.6 Å². The van der Waals surface area contributed by atoms with Crippen LogP contribution in [0.4, 0.5) is 5.69 Å². The number of H-pyrrole nitrogens is 1. The van der Waals surface area contributed by atoms with E-state index in [-0.39, 0.29) is 29.1 Å². The summed E-state index contributed by atoms with van der Waals surface area (Å²) in [5, 5.41) is 31.6. The summed E-state index contributed by atoms with van der Waals surface area (Å²) in [4.78, 5) is 26.3. The molecule has 0 fully saturated rings. The SMILES string of the molecule is O=C(CCn1c2ccccc2c2ccccc21)N=Nc1c(O)[nH]c2c(C(=O)[O-])cccc12. The monoisotopic (exact) mass is 425 g/mol. The molecule has 0 aliphatic carbocycles. The molecular formula is C24H17N4O4-. The van der Waals surface area contributed by atoms with Crippen molar-refractivity contribution < 1.29 is 19.8 Å². The highest BCUT2D eigenvalue weighted by molar-refractivity contribution is 6.08. The number of carbonyl (C=O) groups excluding carboxylic acids is 2. The molecule has 0 aliphatic heterocycles. The van der Waals surface area contributed by atoms with Crippen LogP contribution in [-0.2, 0) is 11.3 Å². The highest BCUT2D eigenvalue weighted by Gasteiger charge is 2.15. The molecular weight excluding hydrogens is 408 g/mol. The first-order valence-electron chi connectivity index (χ1n) is 10.00. The number of hydrogen-bond acceptors (Lipinski definition) is 5. The van der Waals surface area contributed by atoms with Gasteiger partial charge in [-0.1, -0.05) is 54.6 Å². The Hall–Kier alpha value is -4.46. The first-order valence-corrected chi connectivity index (χ1v) is 10.00. The third-order valence-corrected chi connectivity index (χ3v) is 5.50. The highest BCUT2D eigenvalue weighted by atomic mass is 16.4. The van der Waals surface area contributed by atoms with E-state index >= 15 is 0 Å². The molecule has 0 bridgehead atoms. The minimum Gasteiger partial charge on any atom is -0.545 e. The van der Waals surface area contributed by atoms with Crippen molar-refractivity contribution in [1.82, 2.24) is 9.55 Å². The lowest BCUT2D eigenvalue weighted by atomic mass is 10.1. The molecule has 8 nitrogen and oxygen atoms in total. The Labute approximate surface area is 181 Å². The lowest BCUT2D eigenvalue weighted by Crippen LogP contribution is -2.22. The second-order valence-corrected chi connectivity index (χ2v) is 7.37. The predicted molar refractivity (Wildman–Crippen MR) is 118 cm³/mol. The van der Waals surface area contributed by atoms with Crippen molar-refractivity contribution in [1.29, 1.82) is 0 Å². The van der Waals surface area contributed by atoms with Gasteiger partial charge in [-0.15, -0.1) is 10.2 Å². The van der Waals surface area contributed by atoms with Gasteiger partial charge in [0.25, 0.3) is 5.91 Å². The zero-order valence-electron chi connectivity index (χ0n) is 16.8. The Balaban J connectivity index is 1.41. The summed E-state index contributed by atoms with van der Waals surface area (Å²) in [5.41, 5.74) is 2.12. The minimum absolute atomic E-state index is 0.00770. The summed E-state index contributed by atoms with van der Waals surface area (Å²) in [5.74, 6) is -2.22. The van der Waals surface area contributed by atoms with E-state index in [0.717, 1.165) is 21.8 Å². The van der Waals surface area contributed by atoms with Crippen LogP contribution in [0.2, 0.25) is 0 Å². The molecule has 32 heavy (non-hydrogen) atoms. The molecule has 5 rings (SSSR count). The molecule has 2 aromatic heterocycles. The number of azo groups is 1. The van der Waals surface area contributed by atoms with E-state index < -0.39 is 11.9 Å². The lowest BCUT2D eigenvalue weighted by Gasteiger charge is -2.05. The number of carbonyl (C=O) groups is 2. The summed E-state index contributed by atoms with van der Waals surface area (Å²) in [7, 11) is 0. The third kappa shape index (κ3) is 3.18. The van der Waals surface area contributed by atoms with E-state index in [1.807, 2.05) is 36.4 Å². The second-order valence-electron chi connectivity index (χ2n) is 7.37. The maximum atomic E-state index is 12.5. The number of fused-ring (bicyclic) bond motifs is 4. The quantitative estimate of drug-likeness (QED) is 0.412. The highest BCUT2D eigenvalue weighted by Crippen LogP contribution is 2.37. The number of carboxylic acids is 1. The molecule has 0 atom stereocenters. The fraction of sp³-hybridized carbons (Fsp3) is 0.0833. The zero-order valence-corrected chi connectivity index (χ0v) is 16.8. The standard InChI is InChI=1S/C24H18N4O4/c29-20(26-27-22-16-8-5-9-17(24(31)32)21(16)25-23(22)30)12-13-28-18-10-3-1-6-14(18)15-7-2-4-11-19(15)28/h1-11,25,30H,12-13H2,(H,31,32)/p-1. The van der Waals surface area contributed by atoms with Crippen LogP contribution in [0.5, 0.6) is 5.88 Å². The first-order chi connectivity index (χ1) is 15.5.